The van der Waals surface area contributed by atoms with Crippen molar-refractivity contribution in [3.05, 3.63) is 89.5 Å². The molecule has 1 aliphatic rings. The van der Waals surface area contributed by atoms with Crippen LogP contribution in [0.25, 0.3) is 0 Å². The Hall–Kier alpha value is -4.14. The maximum Gasteiger partial charge on any atom is 0.406 e. The first-order valence-electron chi connectivity index (χ1n) is 11.7. The van der Waals surface area contributed by atoms with Crippen LogP contribution in [0.1, 0.15) is 34.0 Å². The molecular weight excluding hydrogens is 463 g/mol. The maximum absolute atomic E-state index is 15.1. The van der Waals surface area contributed by atoms with Crippen molar-refractivity contribution in [1.82, 2.24) is 15.2 Å². The number of rotatable bonds is 8. The van der Waals surface area contributed by atoms with Crippen molar-refractivity contribution in [3.63, 3.8) is 0 Å². The minimum absolute atomic E-state index is 0.134. The van der Waals surface area contributed by atoms with Crippen LogP contribution < -0.4 is 15.0 Å². The largest absolute Gasteiger partial charge is 0.485 e. The molecule has 1 unspecified atom stereocenters. The van der Waals surface area contributed by atoms with Gasteiger partial charge in [0.25, 0.3) is 5.91 Å². The molecule has 0 radical (unpaired) electrons. The number of nitrogens with one attached hydrogen (secondary N) is 1. The number of alkyl carbamates (subject to hydrolysis) is 1. The summed E-state index contributed by atoms with van der Waals surface area (Å²) >= 11 is 0. The third kappa shape index (κ3) is 5.91. The Morgan fingerprint density at radius 3 is 2.72 bits per heavy atom. The molecule has 36 heavy (non-hydrogen) atoms. The van der Waals surface area contributed by atoms with E-state index < -0.39 is 18.0 Å². The number of benzene rings is 2. The number of amides is 2. The van der Waals surface area contributed by atoms with Gasteiger partial charge in [-0.3, -0.25) is 9.78 Å². The number of ether oxygens (including phenoxy) is 2. The lowest BCUT2D eigenvalue weighted by Gasteiger charge is -2.22. The van der Waals surface area contributed by atoms with Crippen molar-refractivity contribution in [2.24, 2.45) is 0 Å². The van der Waals surface area contributed by atoms with Gasteiger partial charge in [0.05, 0.1) is 17.9 Å². The zero-order chi connectivity index (χ0) is 25.5. The molecule has 1 atom stereocenters. The second kappa shape index (κ2) is 11.5. The molecule has 0 saturated carbocycles. The third-order valence-electron chi connectivity index (χ3n) is 6.09. The molecule has 4 rings (SSSR count). The Balaban J connectivity index is 1.47. The van der Waals surface area contributed by atoms with Gasteiger partial charge in [0, 0.05) is 64.2 Å². The van der Waals surface area contributed by atoms with Gasteiger partial charge >= 0.3 is 6.09 Å². The summed E-state index contributed by atoms with van der Waals surface area (Å²) in [5.74, 6) is -0.290. The van der Waals surface area contributed by atoms with Gasteiger partial charge in [0.1, 0.15) is 17.7 Å². The maximum atomic E-state index is 15.1. The van der Waals surface area contributed by atoms with Crippen molar-refractivity contribution in [2.75, 3.05) is 38.7 Å². The van der Waals surface area contributed by atoms with Gasteiger partial charge < -0.3 is 24.6 Å². The van der Waals surface area contributed by atoms with Crippen LogP contribution in [0.15, 0.2) is 67.0 Å². The monoisotopic (exact) mass is 492 g/mol. The van der Waals surface area contributed by atoms with Crippen LogP contribution in [-0.2, 0) is 11.3 Å². The molecule has 1 aliphatic heterocycles. The van der Waals surface area contributed by atoms with E-state index in [-0.39, 0.29) is 19.1 Å². The highest BCUT2D eigenvalue weighted by Crippen LogP contribution is 2.28. The van der Waals surface area contributed by atoms with Crippen LogP contribution in [0, 0.1) is 5.82 Å². The third-order valence-corrected chi connectivity index (χ3v) is 6.09. The molecule has 188 valence electrons. The minimum atomic E-state index is -0.523. The van der Waals surface area contributed by atoms with E-state index >= 15 is 4.39 Å². The lowest BCUT2D eigenvalue weighted by atomic mass is 10.1. The number of nitrogens with zero attached hydrogens (tertiary/aromatic N) is 3. The number of halogens is 1. The molecule has 0 spiro atoms. The summed E-state index contributed by atoms with van der Waals surface area (Å²) in [5.41, 5.74) is 2.59. The molecule has 3 aromatic rings. The lowest BCUT2D eigenvalue weighted by molar-refractivity contribution is 0.0753. The Morgan fingerprint density at radius 2 is 1.97 bits per heavy atom. The Kier molecular flexibility index (Phi) is 7.99. The highest BCUT2D eigenvalue weighted by molar-refractivity contribution is 6.00. The van der Waals surface area contributed by atoms with Gasteiger partial charge in [-0.25, -0.2) is 9.18 Å². The number of hydrogen-bond donors (Lipinski definition) is 1. The summed E-state index contributed by atoms with van der Waals surface area (Å²) in [7, 11) is 3.41. The van der Waals surface area contributed by atoms with E-state index in [1.165, 1.54) is 13.1 Å². The quantitative estimate of drug-likeness (QED) is 0.508. The van der Waals surface area contributed by atoms with Gasteiger partial charge in [0.15, 0.2) is 0 Å². The summed E-state index contributed by atoms with van der Waals surface area (Å²) in [5, 5.41) is 2.40. The van der Waals surface area contributed by atoms with Crippen LogP contribution >= 0.6 is 0 Å². The van der Waals surface area contributed by atoms with E-state index in [9.17, 15) is 9.59 Å². The average molecular weight is 493 g/mol. The molecule has 0 bridgehead atoms. The zero-order valence-corrected chi connectivity index (χ0v) is 20.3. The number of pyridine rings is 1. The normalized spacial score (nSPS) is 14.0. The highest BCUT2D eigenvalue weighted by atomic mass is 19.1. The SMILES string of the molecule is CNC(=O)OCCC(Oc1ccc(CN2CCN(C)c3ccncc3C2=O)c(F)c1)c1ccccc1. The molecule has 8 nitrogen and oxygen atoms in total. The highest BCUT2D eigenvalue weighted by Gasteiger charge is 2.26. The van der Waals surface area contributed by atoms with Crippen LogP contribution in [0.4, 0.5) is 14.9 Å². The van der Waals surface area contributed by atoms with Gasteiger partial charge in [0.2, 0.25) is 0 Å². The lowest BCUT2D eigenvalue weighted by Crippen LogP contribution is -2.33. The number of fused-ring (bicyclic) bond motifs is 1. The minimum Gasteiger partial charge on any atom is -0.485 e. The Labute approximate surface area is 209 Å². The number of carbonyl (C=O) groups excluding carboxylic acids is 2. The fourth-order valence-electron chi connectivity index (χ4n) is 4.09. The predicted molar refractivity (Wildman–Crippen MR) is 133 cm³/mol. The second-order valence-corrected chi connectivity index (χ2v) is 8.49. The zero-order valence-electron chi connectivity index (χ0n) is 20.3. The molecule has 2 heterocycles. The topological polar surface area (TPSA) is 84.0 Å². The number of anilines is 1. The molecule has 2 amide bonds. The summed E-state index contributed by atoms with van der Waals surface area (Å²) < 4.78 is 26.4. The fraction of sp³-hybridized carbons (Fsp3) is 0.296. The summed E-state index contributed by atoms with van der Waals surface area (Å²) in [6, 6.07) is 16.0. The number of hydrogen-bond acceptors (Lipinski definition) is 6. The van der Waals surface area contributed by atoms with Gasteiger partial charge in [-0.2, -0.15) is 0 Å². The van der Waals surface area contributed by atoms with Crippen molar-refractivity contribution in [3.8, 4) is 5.75 Å². The van der Waals surface area contributed by atoms with Gasteiger partial charge in [-0.05, 0) is 17.7 Å². The smallest absolute Gasteiger partial charge is 0.406 e. The fourth-order valence-corrected chi connectivity index (χ4v) is 4.09. The van der Waals surface area contributed by atoms with Crippen molar-refractivity contribution >= 4 is 17.7 Å². The van der Waals surface area contributed by atoms with Gasteiger partial charge in [-0.1, -0.05) is 36.4 Å². The molecule has 0 fully saturated rings. The van der Waals surface area contributed by atoms with Crippen molar-refractivity contribution in [2.45, 2.75) is 19.1 Å². The molecule has 0 aliphatic carbocycles. The molecule has 1 aromatic heterocycles. The molecule has 1 N–H and O–H groups in total. The van der Waals surface area contributed by atoms with Crippen molar-refractivity contribution in [1.29, 1.82) is 0 Å². The van der Waals surface area contributed by atoms with Crippen LogP contribution in [0.3, 0.4) is 0 Å². The summed E-state index contributed by atoms with van der Waals surface area (Å²) in [6.45, 7) is 1.36. The molecular formula is C27H29FN4O4. The van der Waals surface area contributed by atoms with E-state index in [0.717, 1.165) is 11.3 Å². The second-order valence-electron chi connectivity index (χ2n) is 8.49. The summed E-state index contributed by atoms with van der Waals surface area (Å²) in [6.07, 6.45) is 2.64. The van der Waals surface area contributed by atoms with E-state index in [4.69, 9.17) is 9.47 Å². The number of aromatic nitrogens is 1. The van der Waals surface area contributed by atoms with Crippen LogP contribution in [-0.4, -0.2) is 55.7 Å². The molecule has 0 saturated heterocycles. The Morgan fingerprint density at radius 1 is 1.17 bits per heavy atom. The predicted octanol–water partition coefficient (Wildman–Crippen LogP) is 4.18. The van der Waals surface area contributed by atoms with E-state index in [0.29, 0.717) is 36.4 Å². The first kappa shape index (κ1) is 25.0. The van der Waals surface area contributed by atoms with E-state index in [1.54, 1.807) is 29.4 Å². The standard InChI is InChI=1S/C27H29FN4O4/c1-29-27(34)35-15-11-25(19-6-4-3-5-7-19)36-21-9-8-20(23(28)16-21)18-32-14-13-31(2)24-10-12-30-17-22(24)26(32)33/h3-10,12,16-17,25H,11,13-15,18H2,1-2H3,(H,29,34). The van der Waals surface area contributed by atoms with E-state index in [1.807, 2.05) is 48.3 Å². The van der Waals surface area contributed by atoms with Crippen LogP contribution in [0.2, 0.25) is 0 Å². The van der Waals surface area contributed by atoms with Crippen molar-refractivity contribution < 1.29 is 23.5 Å². The molecule has 2 aromatic carbocycles. The molecule has 9 heteroatoms. The number of carbonyl (C=O) groups is 2. The van der Waals surface area contributed by atoms with E-state index in [2.05, 4.69) is 10.3 Å². The van der Waals surface area contributed by atoms with Crippen LogP contribution in [0.5, 0.6) is 5.75 Å². The van der Waals surface area contributed by atoms with Gasteiger partial charge in [-0.15, -0.1) is 0 Å². The average Bonchev–Trinajstić information content (AvgIpc) is 3.02. The summed E-state index contributed by atoms with van der Waals surface area (Å²) in [4.78, 5) is 32.2. The first-order valence-corrected chi connectivity index (χ1v) is 11.7. The number of likely N-dealkylation sites (N-methyl/N-ethyl adjacent to an activating group) is 1. The Bertz CT molecular complexity index is 1210. The first-order chi connectivity index (χ1) is 17.5.